The third kappa shape index (κ3) is 55.5. The molecule has 70 heavy (non-hydrogen) atoms. The molecule has 6 nitrogen and oxygen atoms in total. The second-order valence-corrected chi connectivity index (χ2v) is 19.5. The third-order valence-electron chi connectivity index (χ3n) is 12.6. The van der Waals surface area contributed by atoms with E-state index < -0.39 is 6.10 Å². The Kier molecular flexibility index (Phi) is 55.3. The number of ether oxygens (including phenoxy) is 3. The van der Waals surface area contributed by atoms with Gasteiger partial charge in [0.2, 0.25) is 0 Å². The summed E-state index contributed by atoms with van der Waals surface area (Å²) in [7, 11) is 0. The molecule has 6 heteroatoms. The Hall–Kier alpha value is -3.41. The smallest absolute Gasteiger partial charge is 0.306 e. The molecule has 0 aliphatic carbocycles. The molecule has 0 saturated heterocycles. The molecule has 0 aromatic carbocycles. The number of hydrogen-bond donors (Lipinski definition) is 0. The van der Waals surface area contributed by atoms with Gasteiger partial charge < -0.3 is 14.2 Å². The van der Waals surface area contributed by atoms with E-state index in [2.05, 4.69) is 106 Å². The zero-order valence-corrected chi connectivity index (χ0v) is 46.0. The molecule has 0 aliphatic rings. The fourth-order valence-corrected chi connectivity index (χ4v) is 8.16. The van der Waals surface area contributed by atoms with Gasteiger partial charge in [-0.3, -0.25) is 14.4 Å². The summed E-state index contributed by atoms with van der Waals surface area (Å²) in [5.41, 5.74) is 0. The molecule has 0 aromatic rings. The molecule has 1 unspecified atom stereocenters. The number of hydrogen-bond acceptors (Lipinski definition) is 6. The average Bonchev–Trinajstić information content (AvgIpc) is 3.36. The second-order valence-electron chi connectivity index (χ2n) is 19.5. The molecule has 0 N–H and O–H groups in total. The topological polar surface area (TPSA) is 78.9 Å². The van der Waals surface area contributed by atoms with Crippen molar-refractivity contribution in [1.29, 1.82) is 0 Å². The van der Waals surface area contributed by atoms with Gasteiger partial charge in [0.1, 0.15) is 13.2 Å². The zero-order valence-electron chi connectivity index (χ0n) is 46.0. The van der Waals surface area contributed by atoms with Gasteiger partial charge >= 0.3 is 17.9 Å². The van der Waals surface area contributed by atoms with Gasteiger partial charge in [-0.25, -0.2) is 0 Å². The molecule has 0 fully saturated rings. The van der Waals surface area contributed by atoms with Crippen LogP contribution < -0.4 is 0 Å². The molecule has 1 atom stereocenters. The summed E-state index contributed by atoms with van der Waals surface area (Å²) in [5, 5.41) is 0. The van der Waals surface area contributed by atoms with Crippen LogP contribution in [0, 0.1) is 0 Å². The molecule has 0 rings (SSSR count). The van der Waals surface area contributed by atoms with Crippen molar-refractivity contribution < 1.29 is 28.6 Å². The van der Waals surface area contributed by atoms with E-state index in [1.54, 1.807) is 0 Å². The van der Waals surface area contributed by atoms with Crippen molar-refractivity contribution in [3.8, 4) is 0 Å². The summed E-state index contributed by atoms with van der Waals surface area (Å²) in [4.78, 5) is 38.2. The number of esters is 3. The SMILES string of the molecule is CC/C=C\C/C=C\C/C=C\CCCCCC(=O)OCC(COC(=O)CCCCCCCCCC/C=C\C/C=C\C/C=C\CCCCCCC)OC(=O)CCCCCCC/C=C\CCCCCCCCC. The highest BCUT2D eigenvalue weighted by Gasteiger charge is 2.19. The maximum Gasteiger partial charge on any atom is 0.306 e. The van der Waals surface area contributed by atoms with Crippen molar-refractivity contribution in [2.75, 3.05) is 13.2 Å². The zero-order chi connectivity index (χ0) is 50.7. The van der Waals surface area contributed by atoms with Crippen LogP contribution in [-0.4, -0.2) is 37.2 Å². The lowest BCUT2D eigenvalue weighted by atomic mass is 10.1. The van der Waals surface area contributed by atoms with E-state index in [9.17, 15) is 14.4 Å². The van der Waals surface area contributed by atoms with Crippen molar-refractivity contribution >= 4 is 17.9 Å². The summed E-state index contributed by atoms with van der Waals surface area (Å²) in [6.07, 6.45) is 75.8. The van der Waals surface area contributed by atoms with Gasteiger partial charge in [-0.05, 0) is 116 Å². The highest BCUT2D eigenvalue weighted by atomic mass is 16.6. The van der Waals surface area contributed by atoms with E-state index in [0.717, 1.165) is 116 Å². The standard InChI is InChI=1S/C64H110O6/c1-4-7-10-13-16-19-22-25-27-29-30-31-32-33-34-35-37-39-42-45-48-51-54-57-63(66)69-60-61(59-68-62(65)56-53-50-47-44-41-38-24-21-18-15-12-9-6-3)70-64(67)58-55-52-49-46-43-40-36-28-26-23-20-17-14-11-8-5-2/h9,12,18,21-22,25,28-30,32-33,36,38,41,61H,4-8,10-11,13-17,19-20,23-24,26-27,31,34-35,37,39-40,42-60H2,1-3H3/b12-9-,21-18-,25-22-,30-29-,33-32-,36-28-,41-38-. The molecule has 0 bridgehead atoms. The van der Waals surface area contributed by atoms with E-state index in [-0.39, 0.29) is 31.1 Å². The normalized spacial score (nSPS) is 12.7. The monoisotopic (exact) mass is 975 g/mol. The minimum absolute atomic E-state index is 0.0931. The van der Waals surface area contributed by atoms with Crippen LogP contribution in [0.3, 0.4) is 0 Å². The molecule has 402 valence electrons. The molecule has 0 heterocycles. The summed E-state index contributed by atoms with van der Waals surface area (Å²) in [6, 6.07) is 0. The maximum atomic E-state index is 12.9. The van der Waals surface area contributed by atoms with Gasteiger partial charge in [-0.2, -0.15) is 0 Å². The summed E-state index contributed by atoms with van der Waals surface area (Å²) < 4.78 is 16.8. The molecule has 0 aromatic heterocycles. The van der Waals surface area contributed by atoms with Crippen molar-refractivity contribution in [3.05, 3.63) is 85.1 Å². The van der Waals surface area contributed by atoms with Crippen LogP contribution in [0.15, 0.2) is 85.1 Å². The molecule has 0 saturated carbocycles. The Morgan fingerprint density at radius 2 is 0.557 bits per heavy atom. The van der Waals surface area contributed by atoms with E-state index in [0.29, 0.717) is 19.3 Å². The lowest BCUT2D eigenvalue weighted by molar-refractivity contribution is -0.167. The molecular weight excluding hydrogens is 865 g/mol. The van der Waals surface area contributed by atoms with Gasteiger partial charge in [0.15, 0.2) is 6.10 Å². The van der Waals surface area contributed by atoms with Crippen LogP contribution in [-0.2, 0) is 28.6 Å². The van der Waals surface area contributed by atoms with Crippen LogP contribution in [0.1, 0.15) is 284 Å². The molecular formula is C64H110O6. The Labute approximate surface area is 433 Å². The van der Waals surface area contributed by atoms with Gasteiger partial charge in [-0.1, -0.05) is 234 Å². The van der Waals surface area contributed by atoms with Gasteiger partial charge in [0.05, 0.1) is 0 Å². The molecule has 0 spiro atoms. The maximum absolute atomic E-state index is 12.9. The molecule has 0 amide bonds. The Morgan fingerprint density at radius 1 is 0.300 bits per heavy atom. The third-order valence-corrected chi connectivity index (χ3v) is 12.6. The average molecular weight is 976 g/mol. The van der Waals surface area contributed by atoms with Crippen LogP contribution in [0.25, 0.3) is 0 Å². The van der Waals surface area contributed by atoms with Gasteiger partial charge in [-0.15, -0.1) is 0 Å². The lowest BCUT2D eigenvalue weighted by Crippen LogP contribution is -2.30. The highest BCUT2D eigenvalue weighted by molar-refractivity contribution is 5.71. The minimum Gasteiger partial charge on any atom is -0.462 e. The van der Waals surface area contributed by atoms with E-state index in [1.165, 1.54) is 128 Å². The van der Waals surface area contributed by atoms with Crippen LogP contribution in [0.4, 0.5) is 0 Å². The van der Waals surface area contributed by atoms with Crippen LogP contribution in [0.5, 0.6) is 0 Å². The Morgan fingerprint density at radius 3 is 0.900 bits per heavy atom. The van der Waals surface area contributed by atoms with Gasteiger partial charge in [0, 0.05) is 19.3 Å². The van der Waals surface area contributed by atoms with E-state index in [1.807, 2.05) is 0 Å². The molecule has 0 radical (unpaired) electrons. The summed E-state index contributed by atoms with van der Waals surface area (Å²) in [5.74, 6) is -0.933. The first-order valence-corrected chi connectivity index (χ1v) is 29.6. The quantitative estimate of drug-likeness (QED) is 0.0261. The van der Waals surface area contributed by atoms with E-state index in [4.69, 9.17) is 14.2 Å². The fourth-order valence-electron chi connectivity index (χ4n) is 8.16. The van der Waals surface area contributed by atoms with Gasteiger partial charge in [0.25, 0.3) is 0 Å². The van der Waals surface area contributed by atoms with Crippen LogP contribution in [0.2, 0.25) is 0 Å². The summed E-state index contributed by atoms with van der Waals surface area (Å²) >= 11 is 0. The lowest BCUT2D eigenvalue weighted by Gasteiger charge is -2.18. The first-order valence-electron chi connectivity index (χ1n) is 29.6. The largest absolute Gasteiger partial charge is 0.462 e. The highest BCUT2D eigenvalue weighted by Crippen LogP contribution is 2.15. The van der Waals surface area contributed by atoms with E-state index >= 15 is 0 Å². The number of allylic oxidation sites excluding steroid dienone is 14. The summed E-state index contributed by atoms with van der Waals surface area (Å²) in [6.45, 7) is 6.49. The van der Waals surface area contributed by atoms with Crippen LogP contribution >= 0.6 is 0 Å². The first kappa shape index (κ1) is 66.6. The van der Waals surface area contributed by atoms with Crippen molar-refractivity contribution in [3.63, 3.8) is 0 Å². The van der Waals surface area contributed by atoms with Crippen molar-refractivity contribution in [1.82, 2.24) is 0 Å². The van der Waals surface area contributed by atoms with Crippen molar-refractivity contribution in [2.24, 2.45) is 0 Å². The number of rotatable bonds is 53. The fraction of sp³-hybridized carbons (Fsp3) is 0.734. The van der Waals surface area contributed by atoms with Crippen molar-refractivity contribution in [2.45, 2.75) is 290 Å². The molecule has 0 aliphatic heterocycles. The predicted octanol–water partition coefficient (Wildman–Crippen LogP) is 19.9. The first-order chi connectivity index (χ1) is 34.5. The Bertz CT molecular complexity index is 1350. The minimum atomic E-state index is -0.797. The Balaban J connectivity index is 4.38. The number of carbonyl (C=O) groups is 3. The second kappa shape index (κ2) is 58.2. The number of carbonyl (C=O) groups excluding carboxylic acids is 3. The number of unbranched alkanes of at least 4 members (excludes halogenated alkanes) is 28. The predicted molar refractivity (Wildman–Crippen MR) is 302 cm³/mol.